The molecule has 1 aromatic carbocycles. The maximum atomic E-state index is 13.8. The van der Waals surface area contributed by atoms with Gasteiger partial charge in [0.1, 0.15) is 17.4 Å². The van der Waals surface area contributed by atoms with Crippen molar-refractivity contribution >= 4 is 5.84 Å². The third kappa shape index (κ3) is 3.30. The van der Waals surface area contributed by atoms with Crippen LogP contribution in [0.25, 0.3) is 0 Å². The Morgan fingerprint density at radius 2 is 2.10 bits per heavy atom. The predicted molar refractivity (Wildman–Crippen MR) is 78.6 cm³/mol. The Kier molecular flexibility index (Phi) is 4.02. The van der Waals surface area contributed by atoms with E-state index >= 15 is 0 Å². The number of nitrogens with one attached hydrogen (secondary N) is 1. The van der Waals surface area contributed by atoms with Gasteiger partial charge < -0.3 is 10.5 Å². The molecule has 1 aliphatic carbocycles. The summed E-state index contributed by atoms with van der Waals surface area (Å²) < 4.78 is 19.8. The van der Waals surface area contributed by atoms with Crippen molar-refractivity contribution in [2.75, 3.05) is 0 Å². The highest BCUT2D eigenvalue weighted by Gasteiger charge is 2.33. The first-order valence-corrected chi connectivity index (χ1v) is 7.08. The molecule has 2 unspecified atom stereocenters. The summed E-state index contributed by atoms with van der Waals surface area (Å²) in [5, 5.41) is 7.51. The van der Waals surface area contributed by atoms with Gasteiger partial charge in [-0.1, -0.05) is 26.8 Å². The second kappa shape index (κ2) is 5.43. The van der Waals surface area contributed by atoms with Gasteiger partial charge in [0.15, 0.2) is 0 Å². The summed E-state index contributed by atoms with van der Waals surface area (Å²) in [5.74, 6) is 0.171. The van der Waals surface area contributed by atoms with Crippen LogP contribution in [0.5, 0.6) is 5.75 Å². The predicted octanol–water partition coefficient (Wildman–Crippen LogP) is 3.70. The number of ether oxygens (including phenoxy) is 1. The van der Waals surface area contributed by atoms with E-state index in [2.05, 4.69) is 20.8 Å². The fourth-order valence-electron chi connectivity index (χ4n) is 3.39. The molecular weight excluding hydrogens is 255 g/mol. The van der Waals surface area contributed by atoms with Gasteiger partial charge >= 0.3 is 0 Å². The molecule has 3 nitrogen and oxygen atoms in total. The zero-order valence-electron chi connectivity index (χ0n) is 12.4. The van der Waals surface area contributed by atoms with E-state index in [1.807, 2.05) is 0 Å². The molecule has 110 valence electrons. The van der Waals surface area contributed by atoms with Gasteiger partial charge in [0.05, 0.1) is 11.7 Å². The minimum atomic E-state index is -0.502. The van der Waals surface area contributed by atoms with Gasteiger partial charge in [-0.15, -0.1) is 0 Å². The smallest absolute Gasteiger partial charge is 0.137 e. The molecule has 0 aliphatic heterocycles. The van der Waals surface area contributed by atoms with E-state index in [4.69, 9.17) is 15.9 Å². The second-order valence-electron chi connectivity index (χ2n) is 6.68. The van der Waals surface area contributed by atoms with Crippen molar-refractivity contribution < 1.29 is 9.13 Å². The molecule has 0 spiro atoms. The van der Waals surface area contributed by atoms with Gasteiger partial charge in [0.25, 0.3) is 0 Å². The van der Waals surface area contributed by atoms with Crippen LogP contribution < -0.4 is 10.5 Å². The van der Waals surface area contributed by atoms with Crippen LogP contribution in [-0.4, -0.2) is 11.9 Å². The van der Waals surface area contributed by atoms with Gasteiger partial charge in [-0.3, -0.25) is 5.41 Å². The quantitative estimate of drug-likeness (QED) is 0.654. The van der Waals surface area contributed by atoms with Crippen LogP contribution in [0.2, 0.25) is 0 Å². The number of halogens is 1. The SMILES string of the molecule is CC1CC(Oc2cccc(F)c2C(=N)N)CC(C)(C)C1. The molecule has 2 rings (SSSR count). The van der Waals surface area contributed by atoms with E-state index in [1.54, 1.807) is 12.1 Å². The van der Waals surface area contributed by atoms with Crippen LogP contribution in [0.3, 0.4) is 0 Å². The average Bonchev–Trinajstić information content (AvgIpc) is 2.25. The van der Waals surface area contributed by atoms with E-state index in [1.165, 1.54) is 12.5 Å². The zero-order chi connectivity index (χ0) is 14.9. The van der Waals surface area contributed by atoms with Gasteiger partial charge in [0, 0.05) is 0 Å². The van der Waals surface area contributed by atoms with E-state index in [-0.39, 0.29) is 22.9 Å². The maximum absolute atomic E-state index is 13.8. The van der Waals surface area contributed by atoms with Crippen molar-refractivity contribution in [2.24, 2.45) is 17.1 Å². The summed E-state index contributed by atoms with van der Waals surface area (Å²) in [4.78, 5) is 0. The number of nitrogen functional groups attached to an aromatic ring is 1. The van der Waals surface area contributed by atoms with Crippen molar-refractivity contribution in [3.8, 4) is 5.75 Å². The minimum absolute atomic E-state index is 0.0497. The average molecular weight is 278 g/mol. The molecule has 0 saturated heterocycles. The molecule has 1 aliphatic rings. The molecule has 0 amide bonds. The van der Waals surface area contributed by atoms with Crippen LogP contribution in [0.1, 0.15) is 45.6 Å². The highest BCUT2D eigenvalue weighted by molar-refractivity contribution is 5.97. The molecule has 4 heteroatoms. The number of hydrogen-bond acceptors (Lipinski definition) is 2. The minimum Gasteiger partial charge on any atom is -0.490 e. The fourth-order valence-corrected chi connectivity index (χ4v) is 3.39. The number of rotatable bonds is 3. The molecule has 1 saturated carbocycles. The summed E-state index contributed by atoms with van der Waals surface area (Å²) >= 11 is 0. The summed E-state index contributed by atoms with van der Waals surface area (Å²) in [6, 6.07) is 4.58. The van der Waals surface area contributed by atoms with Crippen molar-refractivity contribution in [1.29, 1.82) is 5.41 Å². The molecule has 3 N–H and O–H groups in total. The third-order valence-electron chi connectivity index (χ3n) is 3.88. The maximum Gasteiger partial charge on any atom is 0.137 e. The summed E-state index contributed by atoms with van der Waals surface area (Å²) in [5.41, 5.74) is 5.77. The lowest BCUT2D eigenvalue weighted by atomic mass is 9.71. The Morgan fingerprint density at radius 1 is 1.40 bits per heavy atom. The van der Waals surface area contributed by atoms with Crippen LogP contribution in [0.15, 0.2) is 18.2 Å². The Balaban J connectivity index is 2.22. The second-order valence-corrected chi connectivity index (χ2v) is 6.68. The Bertz CT molecular complexity index is 513. The lowest BCUT2D eigenvalue weighted by molar-refractivity contribution is 0.0559. The Labute approximate surface area is 119 Å². The van der Waals surface area contributed by atoms with Crippen LogP contribution in [0, 0.1) is 22.6 Å². The normalized spacial score (nSPS) is 25.2. The molecule has 1 fully saturated rings. The Hall–Kier alpha value is -1.58. The largest absolute Gasteiger partial charge is 0.490 e. The summed E-state index contributed by atoms with van der Waals surface area (Å²) in [6.07, 6.45) is 3.12. The highest BCUT2D eigenvalue weighted by Crippen LogP contribution is 2.40. The standard InChI is InChI=1S/C16H23FN2O/c1-10-7-11(9-16(2,3)8-10)20-13-6-4-5-12(17)14(13)15(18)19/h4-6,10-11H,7-9H2,1-3H3,(H3,18,19). The first-order valence-electron chi connectivity index (χ1n) is 7.08. The van der Waals surface area contributed by atoms with Crippen LogP contribution in [-0.2, 0) is 0 Å². The fraction of sp³-hybridized carbons (Fsp3) is 0.562. The molecular formula is C16H23FN2O. The summed E-state index contributed by atoms with van der Waals surface area (Å²) in [6.45, 7) is 6.68. The van der Waals surface area contributed by atoms with Crippen LogP contribution >= 0.6 is 0 Å². The molecule has 20 heavy (non-hydrogen) atoms. The molecule has 0 aromatic heterocycles. The first-order chi connectivity index (χ1) is 9.28. The molecule has 0 heterocycles. The third-order valence-corrected chi connectivity index (χ3v) is 3.88. The van der Waals surface area contributed by atoms with Crippen molar-refractivity contribution in [2.45, 2.75) is 46.1 Å². The van der Waals surface area contributed by atoms with E-state index in [0.29, 0.717) is 11.7 Å². The van der Waals surface area contributed by atoms with Gasteiger partial charge in [0.2, 0.25) is 0 Å². The number of amidine groups is 1. The molecule has 1 aromatic rings. The summed E-state index contributed by atoms with van der Waals surface area (Å²) in [7, 11) is 0. The van der Waals surface area contributed by atoms with Crippen molar-refractivity contribution in [3.05, 3.63) is 29.6 Å². The molecule has 0 bridgehead atoms. The molecule has 2 atom stereocenters. The van der Waals surface area contributed by atoms with E-state index < -0.39 is 5.82 Å². The first kappa shape index (κ1) is 14.8. The topological polar surface area (TPSA) is 59.1 Å². The van der Waals surface area contributed by atoms with Gasteiger partial charge in [-0.25, -0.2) is 4.39 Å². The van der Waals surface area contributed by atoms with Crippen molar-refractivity contribution in [3.63, 3.8) is 0 Å². The molecule has 0 radical (unpaired) electrons. The van der Waals surface area contributed by atoms with E-state index in [0.717, 1.165) is 12.8 Å². The lowest BCUT2D eigenvalue weighted by Gasteiger charge is -2.39. The Morgan fingerprint density at radius 3 is 2.70 bits per heavy atom. The monoisotopic (exact) mass is 278 g/mol. The lowest BCUT2D eigenvalue weighted by Crippen LogP contribution is -2.34. The van der Waals surface area contributed by atoms with E-state index in [9.17, 15) is 4.39 Å². The number of hydrogen-bond donors (Lipinski definition) is 2. The van der Waals surface area contributed by atoms with Gasteiger partial charge in [-0.05, 0) is 42.7 Å². The van der Waals surface area contributed by atoms with Crippen molar-refractivity contribution in [1.82, 2.24) is 0 Å². The number of benzene rings is 1. The zero-order valence-corrected chi connectivity index (χ0v) is 12.4. The van der Waals surface area contributed by atoms with Gasteiger partial charge in [-0.2, -0.15) is 0 Å². The highest BCUT2D eigenvalue weighted by atomic mass is 19.1. The number of nitrogens with two attached hydrogens (primary N) is 1. The van der Waals surface area contributed by atoms with Crippen LogP contribution in [0.4, 0.5) is 4.39 Å².